The Hall–Kier alpha value is -1.26. The lowest BCUT2D eigenvalue weighted by atomic mass is 10.1. The minimum Gasteiger partial charge on any atom is -0.493 e. The van der Waals surface area contributed by atoms with Gasteiger partial charge in [0.15, 0.2) is 17.5 Å². The van der Waals surface area contributed by atoms with Crippen molar-refractivity contribution in [2.24, 2.45) is 4.99 Å². The molecule has 1 aromatic carbocycles. The van der Waals surface area contributed by atoms with Crippen molar-refractivity contribution in [3.05, 3.63) is 24.3 Å². The van der Waals surface area contributed by atoms with Crippen LogP contribution in [0, 0.1) is 0 Å². The summed E-state index contributed by atoms with van der Waals surface area (Å²) in [6.45, 7) is 8.66. The first kappa shape index (κ1) is 24.0. The lowest BCUT2D eigenvalue weighted by Gasteiger charge is -2.37. The zero-order valence-electron chi connectivity index (χ0n) is 17.6. The van der Waals surface area contributed by atoms with Gasteiger partial charge >= 0.3 is 0 Å². The maximum atomic E-state index is 6.03. The van der Waals surface area contributed by atoms with Crippen molar-refractivity contribution < 1.29 is 18.9 Å². The Labute approximate surface area is 191 Å². The minimum atomic E-state index is -0.0695. The number of nitrogens with zero attached hydrogens (tertiary/aromatic N) is 2. The molecule has 0 amide bonds. The quantitative estimate of drug-likeness (QED) is 0.340. The molecule has 0 radical (unpaired) electrons. The first-order chi connectivity index (χ1) is 13.7. The molecule has 3 atom stereocenters. The fourth-order valence-electron chi connectivity index (χ4n) is 3.60. The zero-order valence-corrected chi connectivity index (χ0v) is 20.0. The number of hydrogen-bond acceptors (Lipinski definition) is 5. The summed E-state index contributed by atoms with van der Waals surface area (Å²) < 4.78 is 23.2. The summed E-state index contributed by atoms with van der Waals surface area (Å²) in [6.07, 6.45) is 2.45. The monoisotopic (exact) mass is 519 g/mol. The van der Waals surface area contributed by atoms with E-state index < -0.39 is 0 Å². The molecular weight excluding hydrogens is 485 g/mol. The predicted molar refractivity (Wildman–Crippen MR) is 125 cm³/mol. The average Bonchev–Trinajstić information content (AvgIpc) is 3.26. The highest BCUT2D eigenvalue weighted by molar-refractivity contribution is 14.0. The Morgan fingerprint density at radius 1 is 1.24 bits per heavy atom. The van der Waals surface area contributed by atoms with Gasteiger partial charge in [-0.05, 0) is 38.8 Å². The number of halogens is 1. The smallest absolute Gasteiger partial charge is 0.194 e. The van der Waals surface area contributed by atoms with Gasteiger partial charge < -0.3 is 29.2 Å². The van der Waals surface area contributed by atoms with Crippen molar-refractivity contribution in [2.75, 3.05) is 46.5 Å². The van der Waals surface area contributed by atoms with E-state index in [1.807, 2.05) is 31.2 Å². The molecule has 3 unspecified atom stereocenters. The molecule has 2 heterocycles. The summed E-state index contributed by atoms with van der Waals surface area (Å²) in [5.74, 6) is 2.38. The van der Waals surface area contributed by atoms with E-state index in [0.717, 1.165) is 56.5 Å². The fraction of sp³-hybridized carbons (Fsp3) is 0.667. The maximum Gasteiger partial charge on any atom is 0.194 e. The third-order valence-corrected chi connectivity index (χ3v) is 5.00. The van der Waals surface area contributed by atoms with Crippen molar-refractivity contribution in [3.8, 4) is 11.5 Å². The number of hydrogen-bond donors (Lipinski definition) is 1. The van der Waals surface area contributed by atoms with E-state index in [0.29, 0.717) is 13.2 Å². The Kier molecular flexibility index (Phi) is 10.3. The number of benzene rings is 1. The van der Waals surface area contributed by atoms with E-state index in [1.54, 1.807) is 7.11 Å². The second-order valence-electron chi connectivity index (χ2n) is 7.18. The Bertz CT molecular complexity index is 640. The number of rotatable bonds is 7. The van der Waals surface area contributed by atoms with Crippen LogP contribution in [-0.2, 0) is 9.47 Å². The molecule has 3 rings (SSSR count). The number of ether oxygens (including phenoxy) is 4. The average molecular weight is 519 g/mol. The Morgan fingerprint density at radius 3 is 2.69 bits per heavy atom. The highest BCUT2D eigenvalue weighted by Crippen LogP contribution is 2.27. The van der Waals surface area contributed by atoms with Crippen LogP contribution >= 0.6 is 24.0 Å². The summed E-state index contributed by atoms with van der Waals surface area (Å²) in [7, 11) is 1.65. The summed E-state index contributed by atoms with van der Waals surface area (Å²) in [5, 5.41) is 3.40. The fourth-order valence-corrected chi connectivity index (χ4v) is 3.60. The third-order valence-electron chi connectivity index (χ3n) is 5.00. The standard InChI is InChI=1S/C21H33N3O4.HI/c1-4-22-21(24-11-13-27-20(15-24)18-10-7-12-26-18)23-14-16(2)28-19-9-6-5-8-17(19)25-3;/h5-6,8-9,16,18,20H,4,7,10-15H2,1-3H3,(H,22,23);1H. The zero-order chi connectivity index (χ0) is 19.8. The van der Waals surface area contributed by atoms with Gasteiger partial charge in [-0.3, -0.25) is 0 Å². The van der Waals surface area contributed by atoms with Gasteiger partial charge in [-0.25, -0.2) is 4.99 Å². The topological polar surface area (TPSA) is 64.6 Å². The van der Waals surface area contributed by atoms with E-state index in [2.05, 4.69) is 17.1 Å². The number of aliphatic imine (C=N–C) groups is 1. The third kappa shape index (κ3) is 6.89. The van der Waals surface area contributed by atoms with E-state index in [1.165, 1.54) is 0 Å². The van der Waals surface area contributed by atoms with Gasteiger partial charge in [0, 0.05) is 26.2 Å². The summed E-state index contributed by atoms with van der Waals surface area (Å²) >= 11 is 0. The van der Waals surface area contributed by atoms with Crippen LogP contribution in [0.2, 0.25) is 0 Å². The van der Waals surface area contributed by atoms with Crippen molar-refractivity contribution in [3.63, 3.8) is 0 Å². The molecule has 2 saturated heterocycles. The number of morpholine rings is 1. The molecule has 0 saturated carbocycles. The van der Waals surface area contributed by atoms with Crippen LogP contribution in [0.3, 0.4) is 0 Å². The molecule has 2 aliphatic heterocycles. The molecular formula is C21H34IN3O4. The van der Waals surface area contributed by atoms with Gasteiger partial charge in [0.05, 0.1) is 26.4 Å². The molecule has 2 fully saturated rings. The first-order valence-corrected chi connectivity index (χ1v) is 10.3. The van der Waals surface area contributed by atoms with Crippen LogP contribution in [0.15, 0.2) is 29.3 Å². The maximum absolute atomic E-state index is 6.03. The van der Waals surface area contributed by atoms with E-state index in [9.17, 15) is 0 Å². The molecule has 2 aliphatic rings. The molecule has 29 heavy (non-hydrogen) atoms. The second-order valence-corrected chi connectivity index (χ2v) is 7.18. The predicted octanol–water partition coefficient (Wildman–Crippen LogP) is 2.93. The number of methoxy groups -OCH3 is 1. The van der Waals surface area contributed by atoms with Crippen LogP contribution < -0.4 is 14.8 Å². The van der Waals surface area contributed by atoms with Crippen molar-refractivity contribution in [1.82, 2.24) is 10.2 Å². The normalized spacial score (nSPS) is 23.3. The minimum absolute atomic E-state index is 0. The van der Waals surface area contributed by atoms with Gasteiger partial charge in [0.25, 0.3) is 0 Å². The number of guanidine groups is 1. The molecule has 0 aliphatic carbocycles. The Balaban J connectivity index is 0.00000300. The lowest BCUT2D eigenvalue weighted by Crippen LogP contribution is -2.53. The number of para-hydroxylation sites is 2. The summed E-state index contributed by atoms with van der Waals surface area (Å²) in [6, 6.07) is 7.68. The second kappa shape index (κ2) is 12.4. The van der Waals surface area contributed by atoms with Gasteiger partial charge in [-0.1, -0.05) is 12.1 Å². The van der Waals surface area contributed by atoms with Gasteiger partial charge in [-0.2, -0.15) is 0 Å². The highest BCUT2D eigenvalue weighted by atomic mass is 127. The van der Waals surface area contributed by atoms with Crippen LogP contribution in [-0.4, -0.2) is 75.7 Å². The molecule has 7 nitrogen and oxygen atoms in total. The summed E-state index contributed by atoms with van der Waals surface area (Å²) in [5.41, 5.74) is 0. The van der Waals surface area contributed by atoms with Crippen LogP contribution in [0.4, 0.5) is 0 Å². The SMILES string of the molecule is CCNC(=NCC(C)Oc1ccccc1OC)N1CCOC(C2CCCO2)C1.I. The van der Waals surface area contributed by atoms with Crippen molar-refractivity contribution in [2.45, 2.75) is 45.0 Å². The molecule has 0 spiro atoms. The van der Waals surface area contributed by atoms with E-state index >= 15 is 0 Å². The van der Waals surface area contributed by atoms with Gasteiger partial charge in [0.1, 0.15) is 12.2 Å². The van der Waals surface area contributed by atoms with Crippen molar-refractivity contribution >= 4 is 29.9 Å². The van der Waals surface area contributed by atoms with Crippen LogP contribution in [0.5, 0.6) is 11.5 Å². The largest absolute Gasteiger partial charge is 0.493 e. The molecule has 0 bridgehead atoms. The van der Waals surface area contributed by atoms with Crippen molar-refractivity contribution in [1.29, 1.82) is 0 Å². The highest BCUT2D eigenvalue weighted by Gasteiger charge is 2.32. The molecule has 1 aromatic rings. The van der Waals surface area contributed by atoms with Crippen LogP contribution in [0.25, 0.3) is 0 Å². The molecule has 164 valence electrons. The number of nitrogens with one attached hydrogen (secondary N) is 1. The lowest BCUT2D eigenvalue weighted by molar-refractivity contribution is -0.0817. The van der Waals surface area contributed by atoms with E-state index in [-0.39, 0.29) is 42.3 Å². The van der Waals surface area contributed by atoms with Gasteiger partial charge in [-0.15, -0.1) is 24.0 Å². The van der Waals surface area contributed by atoms with Crippen LogP contribution in [0.1, 0.15) is 26.7 Å². The Morgan fingerprint density at radius 2 is 2.00 bits per heavy atom. The molecule has 0 aromatic heterocycles. The van der Waals surface area contributed by atoms with Gasteiger partial charge in [0.2, 0.25) is 0 Å². The first-order valence-electron chi connectivity index (χ1n) is 10.3. The molecule has 8 heteroatoms. The molecule has 1 N–H and O–H groups in total. The van der Waals surface area contributed by atoms with E-state index in [4.69, 9.17) is 23.9 Å². The summed E-state index contributed by atoms with van der Waals surface area (Å²) in [4.78, 5) is 7.09.